The number of hydrogen-bond acceptors (Lipinski definition) is 6. The van der Waals surface area contributed by atoms with E-state index in [1.54, 1.807) is 20.8 Å². The molecule has 0 radical (unpaired) electrons. The van der Waals surface area contributed by atoms with Gasteiger partial charge in [-0.05, 0) is 83.5 Å². The van der Waals surface area contributed by atoms with Crippen LogP contribution >= 0.6 is 0 Å². The third kappa shape index (κ3) is 7.74. The molecule has 0 bridgehead atoms. The van der Waals surface area contributed by atoms with Gasteiger partial charge in [0.25, 0.3) is 0 Å². The summed E-state index contributed by atoms with van der Waals surface area (Å²) in [6, 6.07) is 3.11. The fourth-order valence-corrected chi connectivity index (χ4v) is 4.19. The van der Waals surface area contributed by atoms with E-state index in [1.165, 1.54) is 4.90 Å². The first-order chi connectivity index (χ1) is 15.4. The Bertz CT molecular complexity index is 839. The Labute approximate surface area is 196 Å². The number of carbonyl (C=O) groups is 3. The molecule has 2 rings (SSSR count). The third-order valence-electron chi connectivity index (χ3n) is 5.85. The quantitative estimate of drug-likeness (QED) is 0.518. The molecule has 4 N–H and O–H groups in total. The van der Waals surface area contributed by atoms with Crippen LogP contribution in [0.25, 0.3) is 0 Å². The molecular weight excluding hydrogens is 422 g/mol. The van der Waals surface area contributed by atoms with Crippen molar-refractivity contribution < 1.29 is 24.2 Å². The van der Waals surface area contributed by atoms with Crippen molar-refractivity contribution in [2.24, 2.45) is 11.7 Å². The fraction of sp³-hybridized carbons (Fsp3) is 0.640. The van der Waals surface area contributed by atoms with Crippen LogP contribution in [-0.4, -0.2) is 52.5 Å². The summed E-state index contributed by atoms with van der Waals surface area (Å²) in [4.78, 5) is 40.1. The van der Waals surface area contributed by atoms with E-state index in [4.69, 9.17) is 10.5 Å². The lowest BCUT2D eigenvalue weighted by atomic mass is 9.92. The molecule has 1 aliphatic heterocycles. The highest BCUT2D eigenvalue weighted by atomic mass is 16.6. The molecule has 8 heteroatoms. The molecule has 1 saturated heterocycles. The van der Waals surface area contributed by atoms with Gasteiger partial charge in [0.05, 0.1) is 6.04 Å². The van der Waals surface area contributed by atoms with Crippen LogP contribution in [0.4, 0.5) is 4.79 Å². The van der Waals surface area contributed by atoms with Crippen LogP contribution in [0.15, 0.2) is 12.1 Å². The van der Waals surface area contributed by atoms with Crippen LogP contribution in [0.1, 0.15) is 69.6 Å². The van der Waals surface area contributed by atoms with E-state index < -0.39 is 23.7 Å². The molecule has 1 heterocycles. The average Bonchev–Trinajstić information content (AvgIpc) is 3.22. The number of amides is 2. The minimum atomic E-state index is -0.637. The summed E-state index contributed by atoms with van der Waals surface area (Å²) in [5.41, 5.74) is 7.39. The molecule has 0 unspecified atom stereocenters. The minimum absolute atomic E-state index is 0.0590. The smallest absolute Gasteiger partial charge is 0.410 e. The van der Waals surface area contributed by atoms with E-state index in [0.717, 1.165) is 23.1 Å². The van der Waals surface area contributed by atoms with Gasteiger partial charge in [-0.3, -0.25) is 14.5 Å². The van der Waals surface area contributed by atoms with Gasteiger partial charge in [0.2, 0.25) is 5.91 Å². The molecule has 33 heavy (non-hydrogen) atoms. The van der Waals surface area contributed by atoms with E-state index >= 15 is 0 Å². The lowest BCUT2D eigenvalue weighted by Gasteiger charge is -2.28. The number of rotatable bonds is 9. The average molecular weight is 462 g/mol. The SMILES string of the molecule is Cc1cc(CNC(=O)[C@H](CCCN)CC(=O)[C@@H]2CCCN2C(=O)OC(C)(C)C)cc(C)c1O. The number of Topliss-reactive ketones (excluding diaryl/α,β-unsaturated/α-hetero) is 1. The Morgan fingerprint density at radius 2 is 1.88 bits per heavy atom. The number of ether oxygens (including phenoxy) is 1. The summed E-state index contributed by atoms with van der Waals surface area (Å²) >= 11 is 0. The Morgan fingerprint density at radius 3 is 2.45 bits per heavy atom. The summed E-state index contributed by atoms with van der Waals surface area (Å²) in [7, 11) is 0. The predicted molar refractivity (Wildman–Crippen MR) is 127 cm³/mol. The van der Waals surface area contributed by atoms with E-state index in [0.29, 0.717) is 38.9 Å². The van der Waals surface area contributed by atoms with Gasteiger partial charge in [0.15, 0.2) is 5.78 Å². The highest BCUT2D eigenvalue weighted by Gasteiger charge is 2.37. The maximum atomic E-state index is 13.1. The number of aryl methyl sites for hydroxylation is 2. The monoisotopic (exact) mass is 461 g/mol. The van der Waals surface area contributed by atoms with E-state index in [-0.39, 0.29) is 23.9 Å². The Balaban J connectivity index is 2.04. The zero-order valence-electron chi connectivity index (χ0n) is 20.6. The summed E-state index contributed by atoms with van der Waals surface area (Å²) in [5.74, 6) is -0.585. The zero-order valence-corrected chi connectivity index (χ0v) is 20.6. The van der Waals surface area contributed by atoms with Crippen molar-refractivity contribution in [1.82, 2.24) is 10.2 Å². The number of ketones is 1. The molecule has 8 nitrogen and oxygen atoms in total. The van der Waals surface area contributed by atoms with Crippen LogP contribution in [0.5, 0.6) is 5.75 Å². The molecule has 2 amide bonds. The lowest BCUT2D eigenvalue weighted by Crippen LogP contribution is -2.44. The van der Waals surface area contributed by atoms with Crippen molar-refractivity contribution >= 4 is 17.8 Å². The molecule has 0 spiro atoms. The number of carbonyl (C=O) groups excluding carboxylic acids is 3. The summed E-state index contributed by atoms with van der Waals surface area (Å²) in [5, 5.41) is 12.9. The van der Waals surface area contributed by atoms with Gasteiger partial charge < -0.3 is 20.9 Å². The Kier molecular flexibility index (Phi) is 9.28. The van der Waals surface area contributed by atoms with E-state index in [2.05, 4.69) is 5.32 Å². The number of nitrogens with two attached hydrogens (primary N) is 1. The van der Waals surface area contributed by atoms with Crippen molar-refractivity contribution in [2.45, 2.75) is 84.9 Å². The van der Waals surface area contributed by atoms with Gasteiger partial charge in [0, 0.05) is 25.4 Å². The molecule has 1 aliphatic rings. The lowest BCUT2D eigenvalue weighted by molar-refractivity contribution is -0.131. The van der Waals surface area contributed by atoms with Gasteiger partial charge in [-0.25, -0.2) is 4.79 Å². The Morgan fingerprint density at radius 1 is 1.24 bits per heavy atom. The second kappa shape index (κ2) is 11.5. The van der Waals surface area contributed by atoms with Gasteiger partial charge in [-0.15, -0.1) is 0 Å². The summed E-state index contributed by atoms with van der Waals surface area (Å²) < 4.78 is 5.46. The van der Waals surface area contributed by atoms with Crippen LogP contribution in [0, 0.1) is 19.8 Å². The summed E-state index contributed by atoms with van der Waals surface area (Å²) in [6.07, 6.45) is 2.01. The topological polar surface area (TPSA) is 122 Å². The largest absolute Gasteiger partial charge is 0.507 e. The molecule has 1 aromatic rings. The maximum Gasteiger partial charge on any atom is 0.410 e. The molecule has 1 fully saturated rings. The third-order valence-corrected chi connectivity index (χ3v) is 5.85. The highest BCUT2D eigenvalue weighted by molar-refractivity contribution is 5.92. The number of phenolic OH excluding ortho intramolecular Hbond substituents is 1. The van der Waals surface area contributed by atoms with Crippen LogP contribution in [0.2, 0.25) is 0 Å². The van der Waals surface area contributed by atoms with Crippen LogP contribution in [-0.2, 0) is 20.9 Å². The molecule has 1 aromatic carbocycles. The maximum absolute atomic E-state index is 13.1. The molecule has 0 saturated carbocycles. The zero-order chi connectivity index (χ0) is 24.8. The summed E-state index contributed by atoms with van der Waals surface area (Å²) in [6.45, 7) is 10.2. The molecule has 0 aliphatic carbocycles. The molecule has 2 atom stereocenters. The van der Waals surface area contributed by atoms with Crippen molar-refractivity contribution in [3.63, 3.8) is 0 Å². The van der Waals surface area contributed by atoms with Crippen molar-refractivity contribution in [1.29, 1.82) is 0 Å². The van der Waals surface area contributed by atoms with Gasteiger partial charge in [0.1, 0.15) is 11.4 Å². The number of likely N-dealkylation sites (tertiary alicyclic amines) is 1. The van der Waals surface area contributed by atoms with Crippen molar-refractivity contribution in [3.8, 4) is 5.75 Å². The second-order valence-electron chi connectivity index (χ2n) is 9.93. The van der Waals surface area contributed by atoms with Crippen LogP contribution in [0.3, 0.4) is 0 Å². The van der Waals surface area contributed by atoms with E-state index in [9.17, 15) is 19.5 Å². The standard InChI is InChI=1S/C25H39N3O5/c1-16-12-18(13-17(2)22(16)30)15-27-23(31)19(8-6-10-26)14-21(29)20-9-7-11-28(20)24(32)33-25(3,4)5/h12-13,19-20,30H,6-11,14-15,26H2,1-5H3,(H,27,31)/t19-,20+/m1/s1. The Hall–Kier alpha value is -2.61. The molecular formula is C25H39N3O5. The first-order valence-electron chi connectivity index (χ1n) is 11.7. The number of benzene rings is 1. The first-order valence-corrected chi connectivity index (χ1v) is 11.7. The number of nitrogens with zero attached hydrogens (tertiary/aromatic N) is 1. The van der Waals surface area contributed by atoms with Gasteiger partial charge in [-0.1, -0.05) is 12.1 Å². The minimum Gasteiger partial charge on any atom is -0.507 e. The second-order valence-corrected chi connectivity index (χ2v) is 9.93. The highest BCUT2D eigenvalue weighted by Crippen LogP contribution is 2.25. The first kappa shape index (κ1) is 26.6. The molecule has 184 valence electrons. The van der Waals surface area contributed by atoms with Gasteiger partial charge >= 0.3 is 6.09 Å². The van der Waals surface area contributed by atoms with Gasteiger partial charge in [-0.2, -0.15) is 0 Å². The van der Waals surface area contributed by atoms with Crippen molar-refractivity contribution in [3.05, 3.63) is 28.8 Å². The number of nitrogens with one attached hydrogen (secondary N) is 1. The number of phenols is 1. The molecule has 0 aromatic heterocycles. The fourth-order valence-electron chi connectivity index (χ4n) is 4.19. The van der Waals surface area contributed by atoms with Crippen molar-refractivity contribution in [2.75, 3.05) is 13.1 Å². The van der Waals surface area contributed by atoms with E-state index in [1.807, 2.05) is 26.0 Å². The van der Waals surface area contributed by atoms with Crippen LogP contribution < -0.4 is 11.1 Å². The number of aromatic hydroxyl groups is 1. The predicted octanol–water partition coefficient (Wildman–Crippen LogP) is 3.34. The normalized spacial score (nSPS) is 17.0. The number of hydrogen-bond donors (Lipinski definition) is 3.